The van der Waals surface area contributed by atoms with Gasteiger partial charge in [0.25, 0.3) is 0 Å². The predicted molar refractivity (Wildman–Crippen MR) is 318 cm³/mol. The normalized spacial score (nSPS) is 36.3. The second-order valence-electron chi connectivity index (χ2n) is 23.5. The van der Waals surface area contributed by atoms with Crippen LogP contribution in [-0.2, 0) is 82.4 Å². The summed E-state index contributed by atoms with van der Waals surface area (Å²) in [7, 11) is 6.24. The monoisotopic (exact) mass is 1230 g/mol. The molecule has 0 radical (unpaired) electrons. The second-order valence-corrected chi connectivity index (χ2v) is 23.5. The number of hydrogen-bond donors (Lipinski definition) is 6. The Hall–Kier alpha value is -4.83. The van der Waals surface area contributed by atoms with Gasteiger partial charge in [0.05, 0.1) is 74.1 Å². The molecule has 1 aromatic carbocycles. The maximum absolute atomic E-state index is 14.9. The zero-order valence-corrected chi connectivity index (χ0v) is 52.2. The van der Waals surface area contributed by atoms with E-state index in [1.54, 1.807) is 133 Å². The van der Waals surface area contributed by atoms with Crippen LogP contribution >= 0.6 is 0 Å². The summed E-state index contributed by atoms with van der Waals surface area (Å²) in [5, 5.41) is 58.5. The Balaban J connectivity index is 1.19. The molecule has 6 N–H and O–H groups in total. The number of allylic oxidation sites excluding steroid dienone is 9. The zero-order chi connectivity index (χ0) is 63.6. The van der Waals surface area contributed by atoms with E-state index in [1.807, 2.05) is 33.8 Å². The van der Waals surface area contributed by atoms with Crippen molar-refractivity contribution in [2.45, 2.75) is 210 Å². The maximum Gasteiger partial charge on any atom is 0.328 e. The number of amides is 1. The fourth-order valence-corrected chi connectivity index (χ4v) is 11.8. The number of carbonyl (C=O) groups excluding carboxylic acids is 2. The fraction of sp³-hybridized carbons (Fsp3) is 0.646. The average Bonchev–Trinajstić information content (AvgIpc) is 1.73. The number of benzene rings is 1. The van der Waals surface area contributed by atoms with Crippen molar-refractivity contribution in [1.29, 1.82) is 0 Å². The molecule has 1 amide bonds. The van der Waals surface area contributed by atoms with Crippen LogP contribution in [0.3, 0.4) is 0 Å². The number of hydrogen-bond acceptors (Lipinski definition) is 20. The molecule has 5 heterocycles. The van der Waals surface area contributed by atoms with Crippen LogP contribution in [0.15, 0.2) is 115 Å². The van der Waals surface area contributed by atoms with Crippen LogP contribution in [0.2, 0.25) is 0 Å². The predicted octanol–water partition coefficient (Wildman–Crippen LogP) is 5.50. The molecule has 1 aromatic rings. The summed E-state index contributed by atoms with van der Waals surface area (Å²) < 4.78 is 80.6. The van der Waals surface area contributed by atoms with Gasteiger partial charge in [0.15, 0.2) is 25.0 Å². The van der Waals surface area contributed by atoms with E-state index in [0.717, 1.165) is 11.6 Å². The molecule has 0 saturated carbocycles. The minimum Gasteiger partial charge on any atom is -0.478 e. The number of carboxylic acids is 1. The van der Waals surface area contributed by atoms with Crippen LogP contribution in [-0.4, -0.2) is 207 Å². The molecule has 486 valence electrons. The van der Waals surface area contributed by atoms with Crippen molar-refractivity contribution >= 4 is 17.8 Å². The van der Waals surface area contributed by atoms with Crippen LogP contribution in [0.5, 0.6) is 0 Å². The Bertz CT molecular complexity index is 2530. The van der Waals surface area contributed by atoms with Crippen molar-refractivity contribution < 1.29 is 101 Å². The van der Waals surface area contributed by atoms with Gasteiger partial charge in [-0.2, -0.15) is 0 Å². The van der Waals surface area contributed by atoms with Gasteiger partial charge in [0, 0.05) is 78.1 Å². The minimum absolute atomic E-state index is 0.0572. The van der Waals surface area contributed by atoms with E-state index in [-0.39, 0.29) is 37.8 Å². The quantitative estimate of drug-likeness (QED) is 0.0343. The molecule has 0 aromatic heterocycles. The van der Waals surface area contributed by atoms with Crippen LogP contribution in [0.25, 0.3) is 0 Å². The standard InChI is InChI=1S/C65H95NO21/c1-13-14-18-29-51-64(7,8)61(72)62(84-53(70)32-43-26-19-17-20-27-43)65(74,87-51)44(63(73)66-31-24-23-25-38(2)58(78-12)39(3)47-33-45(67)46(83-47)28-21-15-16-22-30-52(68)69)37-79-54-35-49(76-10)59(41(5)81-54)86-56-36-50(77-11)60(42(6)82-56)85-55-34-48(75-9)57(71)40(4)80-55/h13-30,39-42,44-51,54-62,67,71-72,74H,31-37H2,1-12H3,(H,66,73)(H,68,69)/t39-,40-,41-,42-,44+,45-,46-,47+,48-,49-,50+,51-,54+,55-,56+,57+,58+,59+,60-,61-,62+,65+/m0/s1. The first kappa shape index (κ1) is 71.2. The fourth-order valence-electron chi connectivity index (χ4n) is 11.8. The Morgan fingerprint density at radius 2 is 1.36 bits per heavy atom. The van der Waals surface area contributed by atoms with E-state index in [4.69, 9.17) is 66.7 Å². The summed E-state index contributed by atoms with van der Waals surface area (Å²) in [6.45, 7) is 13.9. The molecule has 5 aliphatic rings. The summed E-state index contributed by atoms with van der Waals surface area (Å²) >= 11 is 0. The number of methoxy groups -OCH3 is 4. The number of ether oxygens (including phenoxy) is 13. The van der Waals surface area contributed by atoms with Gasteiger partial charge in [0.2, 0.25) is 11.7 Å². The van der Waals surface area contributed by atoms with Gasteiger partial charge < -0.3 is 92.4 Å². The van der Waals surface area contributed by atoms with Crippen molar-refractivity contribution in [3.05, 3.63) is 120 Å². The largest absolute Gasteiger partial charge is 0.478 e. The second kappa shape index (κ2) is 33.8. The van der Waals surface area contributed by atoms with Crippen LogP contribution in [0.1, 0.15) is 86.6 Å². The van der Waals surface area contributed by atoms with Crippen molar-refractivity contribution in [2.75, 3.05) is 41.6 Å². The van der Waals surface area contributed by atoms with E-state index in [9.17, 15) is 34.8 Å². The van der Waals surface area contributed by atoms with Gasteiger partial charge in [-0.25, -0.2) is 4.79 Å². The molecule has 5 aliphatic heterocycles. The summed E-state index contributed by atoms with van der Waals surface area (Å²) in [6.07, 6.45) is 7.66. The first-order chi connectivity index (χ1) is 41.5. The third-order valence-electron chi connectivity index (χ3n) is 16.9. The molecule has 0 bridgehead atoms. The van der Waals surface area contributed by atoms with Gasteiger partial charge in [-0.05, 0) is 45.8 Å². The third kappa shape index (κ3) is 19.1. The minimum atomic E-state index is -2.71. The SMILES string of the molecule is CC=CC=C[C@@H]1O[C@](O)([C@H](CO[C@H]2C[C@H](OC)[C@H](O[C@@H]3C[C@@H](OC)[C@@H](O[C@H]4C[C@H](OC)[C@H](O)[C@H](C)O4)[C@H](C)O3)[C@H](C)O2)C(=O)NCC=CC=C(C)[C@@H](OC)[C@@H](C)[C@H]2C[C@H](O)[C@H](C=CC=CC=CC(=O)O)O2)[C@H](OC(=O)Cc2ccccc2)[C@H](O)C1(C)C. The first-order valence-electron chi connectivity index (χ1n) is 30.0. The summed E-state index contributed by atoms with van der Waals surface area (Å²) in [5.74, 6) is -7.19. The molecular formula is C65H95NO21. The van der Waals surface area contributed by atoms with E-state index in [2.05, 4.69) is 5.32 Å². The van der Waals surface area contributed by atoms with E-state index >= 15 is 0 Å². The smallest absolute Gasteiger partial charge is 0.328 e. The molecule has 0 spiro atoms. The van der Waals surface area contributed by atoms with Gasteiger partial charge in [-0.1, -0.05) is 124 Å². The average molecular weight is 1230 g/mol. The summed E-state index contributed by atoms with van der Waals surface area (Å²) in [6, 6.07) is 8.84. The molecule has 22 heteroatoms. The molecule has 6 rings (SSSR count). The first-order valence-corrected chi connectivity index (χ1v) is 30.0. The number of carboxylic acid groups (broad SMARTS) is 1. The highest BCUT2D eigenvalue weighted by molar-refractivity contribution is 5.81. The number of nitrogens with one attached hydrogen (secondary N) is 1. The lowest BCUT2D eigenvalue weighted by molar-refractivity contribution is -0.368. The van der Waals surface area contributed by atoms with Crippen LogP contribution in [0.4, 0.5) is 0 Å². The molecule has 5 fully saturated rings. The zero-order valence-electron chi connectivity index (χ0n) is 52.2. The Morgan fingerprint density at radius 3 is 1.98 bits per heavy atom. The molecule has 87 heavy (non-hydrogen) atoms. The molecule has 0 aliphatic carbocycles. The van der Waals surface area contributed by atoms with Crippen molar-refractivity contribution in [3.8, 4) is 0 Å². The lowest BCUT2D eigenvalue weighted by Crippen LogP contribution is -2.71. The van der Waals surface area contributed by atoms with Crippen LogP contribution in [0, 0.1) is 17.3 Å². The van der Waals surface area contributed by atoms with Crippen molar-refractivity contribution in [1.82, 2.24) is 5.32 Å². The topological polar surface area (TPSA) is 284 Å². The van der Waals surface area contributed by atoms with Crippen molar-refractivity contribution in [3.63, 3.8) is 0 Å². The van der Waals surface area contributed by atoms with Gasteiger partial charge in [0.1, 0.15) is 36.4 Å². The van der Waals surface area contributed by atoms with Gasteiger partial charge >= 0.3 is 11.9 Å². The number of aliphatic hydroxyl groups excluding tert-OH is 3. The van der Waals surface area contributed by atoms with Gasteiger partial charge in [-0.15, -0.1) is 0 Å². The highest BCUT2D eigenvalue weighted by Crippen LogP contribution is 2.46. The highest BCUT2D eigenvalue weighted by Gasteiger charge is 2.63. The Kier molecular flexibility index (Phi) is 27.7. The lowest BCUT2D eigenvalue weighted by Gasteiger charge is -2.54. The van der Waals surface area contributed by atoms with E-state index in [0.29, 0.717) is 18.4 Å². The molecule has 22 nitrogen and oxygen atoms in total. The number of aliphatic carboxylic acids is 1. The highest BCUT2D eigenvalue weighted by atomic mass is 16.7. The number of aliphatic hydroxyl groups is 4. The molecule has 5 saturated heterocycles. The Labute approximate surface area is 512 Å². The number of carbonyl (C=O) groups is 3. The maximum atomic E-state index is 14.9. The third-order valence-corrected chi connectivity index (χ3v) is 16.9. The lowest BCUT2D eigenvalue weighted by atomic mass is 9.71. The number of esters is 1. The van der Waals surface area contributed by atoms with Crippen molar-refractivity contribution in [2.24, 2.45) is 17.3 Å². The van der Waals surface area contributed by atoms with Crippen LogP contribution < -0.4 is 5.32 Å². The van der Waals surface area contributed by atoms with E-state index < -0.39 is 152 Å². The Morgan fingerprint density at radius 1 is 0.759 bits per heavy atom. The molecule has 22 atom stereocenters. The molecular weight excluding hydrogens is 1130 g/mol. The molecule has 0 unspecified atom stereocenters. The summed E-state index contributed by atoms with van der Waals surface area (Å²) in [5.41, 5.74) is 0.265. The number of rotatable bonds is 28. The summed E-state index contributed by atoms with van der Waals surface area (Å²) in [4.78, 5) is 39.5. The van der Waals surface area contributed by atoms with Gasteiger partial charge in [-0.3, -0.25) is 9.59 Å². The van der Waals surface area contributed by atoms with E-state index in [1.165, 1.54) is 20.3 Å².